The molecular weight excluding hydrogens is 236 g/mol. The van der Waals surface area contributed by atoms with E-state index < -0.39 is 0 Å². The van der Waals surface area contributed by atoms with Crippen LogP contribution in [0.15, 0.2) is 24.3 Å². The molecule has 0 radical (unpaired) electrons. The van der Waals surface area contributed by atoms with Gasteiger partial charge in [0, 0.05) is 33.1 Å². The SMILES string of the molecule is Cc1ccc(C(NCCC(=O)N(C)C)C2CC2)cc1. The lowest BCUT2D eigenvalue weighted by Gasteiger charge is -2.19. The maximum atomic E-state index is 11.6. The summed E-state index contributed by atoms with van der Waals surface area (Å²) in [6.07, 6.45) is 3.17. The van der Waals surface area contributed by atoms with Crippen molar-refractivity contribution >= 4 is 5.91 Å². The molecule has 0 spiro atoms. The number of amides is 1. The molecule has 0 heterocycles. The van der Waals surface area contributed by atoms with Gasteiger partial charge in [-0.05, 0) is 31.2 Å². The van der Waals surface area contributed by atoms with E-state index in [-0.39, 0.29) is 5.91 Å². The zero-order valence-corrected chi connectivity index (χ0v) is 12.1. The predicted octanol–water partition coefficient (Wildman–Crippen LogP) is 2.51. The summed E-state index contributed by atoms with van der Waals surface area (Å²) >= 11 is 0. The van der Waals surface area contributed by atoms with Crippen molar-refractivity contribution in [3.8, 4) is 0 Å². The molecule has 1 saturated carbocycles. The minimum atomic E-state index is 0.186. The fourth-order valence-electron chi connectivity index (χ4n) is 2.32. The van der Waals surface area contributed by atoms with Gasteiger partial charge in [-0.2, -0.15) is 0 Å². The average molecular weight is 260 g/mol. The van der Waals surface area contributed by atoms with Crippen LogP contribution in [0.2, 0.25) is 0 Å². The number of nitrogens with zero attached hydrogens (tertiary/aromatic N) is 1. The van der Waals surface area contributed by atoms with Gasteiger partial charge in [0.1, 0.15) is 0 Å². The number of carbonyl (C=O) groups excluding carboxylic acids is 1. The second kappa shape index (κ2) is 6.20. The quantitative estimate of drug-likeness (QED) is 0.852. The average Bonchev–Trinajstić information content (AvgIpc) is 3.20. The molecule has 104 valence electrons. The molecule has 1 atom stereocenters. The molecule has 1 aliphatic carbocycles. The van der Waals surface area contributed by atoms with E-state index in [9.17, 15) is 4.79 Å². The van der Waals surface area contributed by atoms with Gasteiger partial charge in [-0.15, -0.1) is 0 Å². The number of aryl methyl sites for hydroxylation is 1. The van der Waals surface area contributed by atoms with E-state index in [1.54, 1.807) is 19.0 Å². The number of hydrogen-bond donors (Lipinski definition) is 1. The van der Waals surface area contributed by atoms with E-state index in [0.29, 0.717) is 12.5 Å². The third-order valence-corrected chi connectivity index (χ3v) is 3.73. The van der Waals surface area contributed by atoms with Crippen LogP contribution in [-0.2, 0) is 4.79 Å². The van der Waals surface area contributed by atoms with Gasteiger partial charge in [-0.1, -0.05) is 29.8 Å². The van der Waals surface area contributed by atoms with Crippen molar-refractivity contribution in [1.82, 2.24) is 10.2 Å². The number of nitrogens with one attached hydrogen (secondary N) is 1. The van der Waals surface area contributed by atoms with Crippen molar-refractivity contribution < 1.29 is 4.79 Å². The number of rotatable bonds is 6. The molecule has 1 unspecified atom stereocenters. The summed E-state index contributed by atoms with van der Waals surface area (Å²) in [5.41, 5.74) is 2.64. The number of benzene rings is 1. The number of hydrogen-bond acceptors (Lipinski definition) is 2. The van der Waals surface area contributed by atoms with Crippen LogP contribution < -0.4 is 5.32 Å². The van der Waals surface area contributed by atoms with E-state index >= 15 is 0 Å². The summed E-state index contributed by atoms with van der Waals surface area (Å²) in [4.78, 5) is 13.2. The third-order valence-electron chi connectivity index (χ3n) is 3.73. The van der Waals surface area contributed by atoms with Crippen LogP contribution in [0.4, 0.5) is 0 Å². The molecule has 3 heteroatoms. The maximum Gasteiger partial charge on any atom is 0.223 e. The topological polar surface area (TPSA) is 32.3 Å². The first-order valence-electron chi connectivity index (χ1n) is 7.08. The molecule has 0 saturated heterocycles. The Morgan fingerprint density at radius 1 is 1.32 bits per heavy atom. The molecule has 1 amide bonds. The van der Waals surface area contributed by atoms with Crippen molar-refractivity contribution in [2.24, 2.45) is 5.92 Å². The van der Waals surface area contributed by atoms with Crippen LogP contribution in [0.3, 0.4) is 0 Å². The normalized spacial score (nSPS) is 16.2. The van der Waals surface area contributed by atoms with Crippen LogP contribution in [-0.4, -0.2) is 31.4 Å². The summed E-state index contributed by atoms with van der Waals surface area (Å²) in [6.45, 7) is 2.87. The zero-order chi connectivity index (χ0) is 13.8. The van der Waals surface area contributed by atoms with Gasteiger partial charge in [-0.25, -0.2) is 0 Å². The van der Waals surface area contributed by atoms with Gasteiger partial charge < -0.3 is 10.2 Å². The monoisotopic (exact) mass is 260 g/mol. The van der Waals surface area contributed by atoms with Crippen molar-refractivity contribution in [2.75, 3.05) is 20.6 Å². The Morgan fingerprint density at radius 2 is 1.95 bits per heavy atom. The molecule has 3 nitrogen and oxygen atoms in total. The molecule has 1 aliphatic rings. The van der Waals surface area contributed by atoms with Crippen LogP contribution in [0, 0.1) is 12.8 Å². The van der Waals surface area contributed by atoms with Gasteiger partial charge in [0.15, 0.2) is 0 Å². The smallest absolute Gasteiger partial charge is 0.223 e. The van der Waals surface area contributed by atoms with Crippen molar-refractivity contribution in [1.29, 1.82) is 0 Å². The third kappa shape index (κ3) is 4.06. The Bertz CT molecular complexity index is 421. The molecule has 0 bridgehead atoms. The molecule has 0 aromatic heterocycles. The molecule has 2 rings (SSSR count). The highest BCUT2D eigenvalue weighted by molar-refractivity contribution is 5.75. The minimum Gasteiger partial charge on any atom is -0.349 e. The Labute approximate surface area is 116 Å². The zero-order valence-electron chi connectivity index (χ0n) is 12.1. The molecule has 1 fully saturated rings. The fourth-order valence-corrected chi connectivity index (χ4v) is 2.32. The molecule has 1 aromatic carbocycles. The lowest BCUT2D eigenvalue weighted by atomic mass is 10.0. The van der Waals surface area contributed by atoms with Gasteiger partial charge >= 0.3 is 0 Å². The van der Waals surface area contributed by atoms with Crippen molar-refractivity contribution in [3.63, 3.8) is 0 Å². The molecular formula is C16H24N2O. The second-order valence-corrected chi connectivity index (χ2v) is 5.72. The fraction of sp³-hybridized carbons (Fsp3) is 0.562. The van der Waals surface area contributed by atoms with Crippen LogP contribution in [0.25, 0.3) is 0 Å². The van der Waals surface area contributed by atoms with Gasteiger partial charge in [0.2, 0.25) is 5.91 Å². The second-order valence-electron chi connectivity index (χ2n) is 5.72. The summed E-state index contributed by atoms with van der Waals surface area (Å²) < 4.78 is 0. The largest absolute Gasteiger partial charge is 0.349 e. The standard InChI is InChI=1S/C16H24N2O/c1-12-4-6-13(7-5-12)16(14-8-9-14)17-11-10-15(19)18(2)3/h4-7,14,16-17H,8-11H2,1-3H3. The maximum absolute atomic E-state index is 11.6. The van der Waals surface area contributed by atoms with Crippen molar-refractivity contribution in [3.05, 3.63) is 35.4 Å². The highest BCUT2D eigenvalue weighted by Crippen LogP contribution is 2.40. The first kappa shape index (κ1) is 14.1. The Hall–Kier alpha value is -1.35. The first-order chi connectivity index (χ1) is 9.08. The van der Waals surface area contributed by atoms with Gasteiger partial charge in [-0.3, -0.25) is 4.79 Å². The summed E-state index contributed by atoms with van der Waals surface area (Å²) in [7, 11) is 3.61. The number of carbonyl (C=O) groups is 1. The van der Waals surface area contributed by atoms with Gasteiger partial charge in [0.05, 0.1) is 0 Å². The highest BCUT2D eigenvalue weighted by Gasteiger charge is 2.31. The minimum absolute atomic E-state index is 0.186. The summed E-state index contributed by atoms with van der Waals surface area (Å²) in [5, 5.41) is 3.56. The lowest BCUT2D eigenvalue weighted by Crippen LogP contribution is -2.29. The summed E-state index contributed by atoms with van der Waals surface area (Å²) in [5.74, 6) is 0.933. The van der Waals surface area contributed by atoms with Crippen LogP contribution in [0.5, 0.6) is 0 Å². The van der Waals surface area contributed by atoms with E-state index in [4.69, 9.17) is 0 Å². The highest BCUT2D eigenvalue weighted by atomic mass is 16.2. The molecule has 1 aromatic rings. The molecule has 0 aliphatic heterocycles. The van der Waals surface area contributed by atoms with E-state index in [1.807, 2.05) is 0 Å². The van der Waals surface area contributed by atoms with E-state index in [0.717, 1.165) is 12.5 Å². The molecule has 1 N–H and O–H groups in total. The summed E-state index contributed by atoms with van der Waals surface area (Å²) in [6, 6.07) is 9.16. The lowest BCUT2D eigenvalue weighted by molar-refractivity contribution is -0.128. The van der Waals surface area contributed by atoms with Gasteiger partial charge in [0.25, 0.3) is 0 Å². The van der Waals surface area contributed by atoms with E-state index in [1.165, 1.54) is 24.0 Å². The first-order valence-corrected chi connectivity index (χ1v) is 7.08. The van der Waals surface area contributed by atoms with Crippen LogP contribution >= 0.6 is 0 Å². The van der Waals surface area contributed by atoms with Crippen LogP contribution in [0.1, 0.15) is 36.4 Å². The van der Waals surface area contributed by atoms with E-state index in [2.05, 4.69) is 36.5 Å². The Morgan fingerprint density at radius 3 is 2.47 bits per heavy atom. The Kier molecular flexibility index (Phi) is 4.59. The molecule has 19 heavy (non-hydrogen) atoms. The predicted molar refractivity (Wildman–Crippen MR) is 78.0 cm³/mol. The Balaban J connectivity index is 1.90. The van der Waals surface area contributed by atoms with Crippen molar-refractivity contribution in [2.45, 2.75) is 32.2 Å².